The Kier molecular flexibility index (Phi) is 4.94. The molecule has 0 aliphatic carbocycles. The Morgan fingerprint density at radius 1 is 1.33 bits per heavy atom. The number of carbonyl (C=O) groups excluding carboxylic acids is 1. The SMILES string of the molecule is Cc1nc([C@@H]2CCCN(C(=O)c3ccc(CN(C)C)cc3)C2)no1. The monoisotopic (exact) mass is 328 g/mol. The van der Waals surface area contributed by atoms with Gasteiger partial charge in [0.15, 0.2) is 5.82 Å². The first-order chi connectivity index (χ1) is 11.5. The summed E-state index contributed by atoms with van der Waals surface area (Å²) in [4.78, 5) is 21.1. The standard InChI is InChI=1S/C18H24N4O2/c1-13-19-17(20-24-13)16-5-4-10-22(12-16)18(23)15-8-6-14(7-9-15)11-21(2)3/h6-9,16H,4-5,10-12H2,1-3H3/t16-/m1/s1. The molecule has 0 unspecified atom stereocenters. The van der Waals surface area contributed by atoms with E-state index >= 15 is 0 Å². The summed E-state index contributed by atoms with van der Waals surface area (Å²) < 4.78 is 5.07. The molecule has 0 radical (unpaired) electrons. The van der Waals surface area contributed by atoms with E-state index in [0.29, 0.717) is 18.3 Å². The second kappa shape index (κ2) is 7.13. The van der Waals surface area contributed by atoms with Gasteiger partial charge in [0.05, 0.1) is 0 Å². The molecular weight excluding hydrogens is 304 g/mol. The van der Waals surface area contributed by atoms with Gasteiger partial charge in [-0.3, -0.25) is 4.79 Å². The van der Waals surface area contributed by atoms with Crippen molar-refractivity contribution in [3.8, 4) is 0 Å². The molecule has 1 amide bonds. The maximum Gasteiger partial charge on any atom is 0.253 e. The van der Waals surface area contributed by atoms with Gasteiger partial charge in [0.2, 0.25) is 5.89 Å². The first-order valence-corrected chi connectivity index (χ1v) is 8.36. The average molecular weight is 328 g/mol. The van der Waals surface area contributed by atoms with E-state index in [-0.39, 0.29) is 11.8 Å². The van der Waals surface area contributed by atoms with Crippen LogP contribution >= 0.6 is 0 Å². The minimum absolute atomic E-state index is 0.0799. The zero-order valence-corrected chi connectivity index (χ0v) is 14.5. The summed E-state index contributed by atoms with van der Waals surface area (Å²) >= 11 is 0. The number of likely N-dealkylation sites (tertiary alicyclic amines) is 1. The minimum Gasteiger partial charge on any atom is -0.340 e. The highest BCUT2D eigenvalue weighted by atomic mass is 16.5. The highest BCUT2D eigenvalue weighted by Crippen LogP contribution is 2.26. The predicted molar refractivity (Wildman–Crippen MR) is 90.7 cm³/mol. The van der Waals surface area contributed by atoms with Gasteiger partial charge in [-0.25, -0.2) is 0 Å². The summed E-state index contributed by atoms with van der Waals surface area (Å²) in [6, 6.07) is 7.89. The van der Waals surface area contributed by atoms with Crippen LogP contribution in [0.25, 0.3) is 0 Å². The molecule has 1 saturated heterocycles. The molecule has 24 heavy (non-hydrogen) atoms. The molecule has 1 aliphatic rings. The van der Waals surface area contributed by atoms with E-state index in [1.54, 1.807) is 6.92 Å². The lowest BCUT2D eigenvalue weighted by Gasteiger charge is -2.31. The lowest BCUT2D eigenvalue weighted by molar-refractivity contribution is 0.0703. The second-order valence-corrected chi connectivity index (χ2v) is 6.70. The molecule has 1 aliphatic heterocycles. The van der Waals surface area contributed by atoms with Crippen LogP contribution in [0, 0.1) is 6.92 Å². The van der Waals surface area contributed by atoms with Crippen molar-refractivity contribution in [2.24, 2.45) is 0 Å². The average Bonchev–Trinajstić information content (AvgIpc) is 3.01. The van der Waals surface area contributed by atoms with E-state index in [9.17, 15) is 4.79 Å². The molecule has 2 aromatic rings. The van der Waals surface area contributed by atoms with Gasteiger partial charge >= 0.3 is 0 Å². The fraction of sp³-hybridized carbons (Fsp3) is 0.500. The van der Waals surface area contributed by atoms with Gasteiger partial charge < -0.3 is 14.3 Å². The molecular formula is C18H24N4O2. The molecule has 6 heteroatoms. The molecule has 0 saturated carbocycles. The van der Waals surface area contributed by atoms with Crippen LogP contribution in [0.1, 0.15) is 46.4 Å². The molecule has 1 aromatic heterocycles. The number of hydrogen-bond donors (Lipinski definition) is 0. The summed E-state index contributed by atoms with van der Waals surface area (Å²) in [5.74, 6) is 1.53. The highest BCUT2D eigenvalue weighted by Gasteiger charge is 2.28. The normalized spacial score (nSPS) is 18.2. The second-order valence-electron chi connectivity index (χ2n) is 6.70. The Morgan fingerprint density at radius 2 is 2.08 bits per heavy atom. The Hall–Kier alpha value is -2.21. The van der Waals surface area contributed by atoms with E-state index in [4.69, 9.17) is 4.52 Å². The zero-order valence-electron chi connectivity index (χ0n) is 14.5. The molecule has 2 heterocycles. The van der Waals surface area contributed by atoms with E-state index in [0.717, 1.165) is 31.5 Å². The van der Waals surface area contributed by atoms with Crippen LogP contribution in [0.5, 0.6) is 0 Å². The van der Waals surface area contributed by atoms with Gasteiger partial charge in [0.1, 0.15) is 0 Å². The number of hydrogen-bond acceptors (Lipinski definition) is 5. The van der Waals surface area contributed by atoms with E-state index < -0.39 is 0 Å². The van der Waals surface area contributed by atoms with Crippen LogP contribution in [-0.4, -0.2) is 53.0 Å². The maximum atomic E-state index is 12.8. The van der Waals surface area contributed by atoms with Crippen LogP contribution < -0.4 is 0 Å². The Morgan fingerprint density at radius 3 is 2.71 bits per heavy atom. The molecule has 0 N–H and O–H groups in total. The summed E-state index contributed by atoms with van der Waals surface area (Å²) in [7, 11) is 4.07. The Bertz CT molecular complexity index is 693. The van der Waals surface area contributed by atoms with Gasteiger partial charge in [-0.1, -0.05) is 17.3 Å². The van der Waals surface area contributed by atoms with Gasteiger partial charge in [-0.15, -0.1) is 0 Å². The number of benzene rings is 1. The smallest absolute Gasteiger partial charge is 0.253 e. The predicted octanol–water partition coefficient (Wildman–Crippen LogP) is 2.46. The third-order valence-corrected chi connectivity index (χ3v) is 4.32. The van der Waals surface area contributed by atoms with Crippen LogP contribution in [0.2, 0.25) is 0 Å². The maximum absolute atomic E-state index is 12.8. The largest absolute Gasteiger partial charge is 0.340 e. The minimum atomic E-state index is 0.0799. The third kappa shape index (κ3) is 3.82. The number of piperidine rings is 1. The number of carbonyl (C=O) groups is 1. The fourth-order valence-electron chi connectivity index (χ4n) is 3.15. The van der Waals surface area contributed by atoms with Crippen molar-refractivity contribution in [3.63, 3.8) is 0 Å². The number of aromatic nitrogens is 2. The van der Waals surface area contributed by atoms with E-state index in [1.165, 1.54) is 5.56 Å². The van der Waals surface area contributed by atoms with Crippen LogP contribution in [0.15, 0.2) is 28.8 Å². The molecule has 1 atom stereocenters. The number of nitrogens with zero attached hydrogens (tertiary/aromatic N) is 4. The van der Waals surface area contributed by atoms with Crippen LogP contribution in [0.4, 0.5) is 0 Å². The topological polar surface area (TPSA) is 62.5 Å². The Balaban J connectivity index is 1.67. The van der Waals surface area contributed by atoms with E-state index in [2.05, 4.69) is 15.0 Å². The lowest BCUT2D eigenvalue weighted by Crippen LogP contribution is -2.39. The quantitative estimate of drug-likeness (QED) is 0.863. The highest BCUT2D eigenvalue weighted by molar-refractivity contribution is 5.94. The first kappa shape index (κ1) is 16.6. The molecule has 1 aromatic carbocycles. The molecule has 128 valence electrons. The number of amides is 1. The van der Waals surface area contributed by atoms with Crippen molar-refractivity contribution in [1.29, 1.82) is 0 Å². The third-order valence-electron chi connectivity index (χ3n) is 4.32. The molecule has 3 rings (SSSR count). The zero-order chi connectivity index (χ0) is 17.1. The summed E-state index contributed by atoms with van der Waals surface area (Å²) in [5, 5.41) is 4.02. The first-order valence-electron chi connectivity index (χ1n) is 8.36. The fourth-order valence-corrected chi connectivity index (χ4v) is 3.15. The van der Waals surface area contributed by atoms with Crippen molar-refractivity contribution in [2.75, 3.05) is 27.2 Å². The van der Waals surface area contributed by atoms with Gasteiger partial charge in [-0.05, 0) is 44.6 Å². The van der Waals surface area contributed by atoms with Gasteiger partial charge in [0.25, 0.3) is 5.91 Å². The number of aryl methyl sites for hydroxylation is 1. The van der Waals surface area contributed by atoms with Crippen molar-refractivity contribution in [2.45, 2.75) is 32.2 Å². The number of rotatable bonds is 4. The van der Waals surface area contributed by atoms with Crippen molar-refractivity contribution < 1.29 is 9.32 Å². The Labute approximate surface area is 142 Å². The summed E-state index contributed by atoms with van der Waals surface area (Å²) in [6.45, 7) is 4.10. The van der Waals surface area contributed by atoms with Gasteiger partial charge in [0, 0.05) is 38.0 Å². The molecule has 0 spiro atoms. The van der Waals surface area contributed by atoms with Crippen LogP contribution in [-0.2, 0) is 6.54 Å². The molecule has 0 bridgehead atoms. The molecule has 1 fully saturated rings. The summed E-state index contributed by atoms with van der Waals surface area (Å²) in [5.41, 5.74) is 1.94. The van der Waals surface area contributed by atoms with Gasteiger partial charge in [-0.2, -0.15) is 4.98 Å². The van der Waals surface area contributed by atoms with Crippen molar-refractivity contribution in [3.05, 3.63) is 47.1 Å². The van der Waals surface area contributed by atoms with E-state index in [1.807, 2.05) is 43.3 Å². The summed E-state index contributed by atoms with van der Waals surface area (Å²) in [6.07, 6.45) is 1.95. The lowest BCUT2D eigenvalue weighted by atomic mass is 9.96. The van der Waals surface area contributed by atoms with Crippen LogP contribution in [0.3, 0.4) is 0 Å². The molecule has 6 nitrogen and oxygen atoms in total. The van der Waals surface area contributed by atoms with Crippen molar-refractivity contribution >= 4 is 5.91 Å². The van der Waals surface area contributed by atoms with Crippen molar-refractivity contribution in [1.82, 2.24) is 19.9 Å².